The van der Waals surface area contributed by atoms with E-state index in [9.17, 15) is 4.79 Å². The minimum atomic E-state index is -0.217. The summed E-state index contributed by atoms with van der Waals surface area (Å²) < 4.78 is 6.15. The monoisotopic (exact) mass is 299 g/mol. The molecule has 0 aromatic heterocycles. The predicted octanol–water partition coefficient (Wildman–Crippen LogP) is 2.88. The molecule has 0 saturated carbocycles. The van der Waals surface area contributed by atoms with Crippen molar-refractivity contribution in [3.8, 4) is 0 Å². The molecule has 0 spiro atoms. The Morgan fingerprint density at radius 2 is 2.29 bits per heavy atom. The lowest BCUT2D eigenvalue weighted by Crippen LogP contribution is -2.31. The van der Waals surface area contributed by atoms with Crippen molar-refractivity contribution in [1.82, 2.24) is 5.32 Å². The van der Waals surface area contributed by atoms with Gasteiger partial charge in [0, 0.05) is 10.5 Å². The molecule has 1 atom stereocenters. The fourth-order valence-corrected chi connectivity index (χ4v) is 1.69. The van der Waals surface area contributed by atoms with Gasteiger partial charge < -0.3 is 10.1 Å². The summed E-state index contributed by atoms with van der Waals surface area (Å²) in [6.07, 6.45) is 0.999. The maximum Gasteiger partial charge on any atom is 0.320 e. The smallest absolute Gasteiger partial charge is 0.320 e. The van der Waals surface area contributed by atoms with Gasteiger partial charge in [-0.1, -0.05) is 35.0 Å². The summed E-state index contributed by atoms with van der Waals surface area (Å²) in [6.45, 7) is 4.70. The third-order valence-corrected chi connectivity index (χ3v) is 2.99. The summed E-state index contributed by atoms with van der Waals surface area (Å²) in [5.41, 5.74) is 0.983. The topological polar surface area (TPSA) is 38.3 Å². The molecule has 3 nitrogen and oxygen atoms in total. The van der Waals surface area contributed by atoms with E-state index in [0.717, 1.165) is 16.5 Å². The Hall–Kier alpha value is -0.870. The summed E-state index contributed by atoms with van der Waals surface area (Å²) in [4.78, 5) is 11.4. The highest BCUT2D eigenvalue weighted by Gasteiger charge is 2.05. The number of halogens is 1. The molecule has 0 amide bonds. The lowest BCUT2D eigenvalue weighted by Gasteiger charge is -2.10. The maximum absolute atomic E-state index is 11.4. The van der Waals surface area contributed by atoms with Crippen LogP contribution in [0.5, 0.6) is 0 Å². The number of ether oxygens (including phenoxy) is 1. The zero-order valence-corrected chi connectivity index (χ0v) is 11.8. The molecule has 0 radical (unpaired) electrons. The number of carbonyl (C=O) groups is 1. The molecule has 0 aliphatic carbocycles. The number of nitrogens with one attached hydrogen (secondary N) is 1. The molecule has 94 valence electrons. The van der Waals surface area contributed by atoms with Crippen LogP contribution in [0.2, 0.25) is 0 Å². The van der Waals surface area contributed by atoms with Crippen molar-refractivity contribution in [2.45, 2.75) is 32.9 Å². The summed E-state index contributed by atoms with van der Waals surface area (Å²) in [5, 5.41) is 3.10. The van der Waals surface area contributed by atoms with Crippen molar-refractivity contribution in [2.75, 3.05) is 6.54 Å². The maximum atomic E-state index is 11.4. The first kappa shape index (κ1) is 14.2. The minimum absolute atomic E-state index is 0.217. The molecular weight excluding hydrogens is 282 g/mol. The molecule has 0 aliphatic rings. The molecule has 0 heterocycles. The van der Waals surface area contributed by atoms with Gasteiger partial charge in [0.2, 0.25) is 0 Å². The number of benzene rings is 1. The van der Waals surface area contributed by atoms with Crippen molar-refractivity contribution < 1.29 is 9.53 Å². The lowest BCUT2D eigenvalue weighted by molar-refractivity contribution is -0.144. The molecule has 0 aliphatic heterocycles. The van der Waals surface area contributed by atoms with Crippen LogP contribution in [-0.2, 0) is 16.1 Å². The van der Waals surface area contributed by atoms with Crippen LogP contribution in [0, 0.1) is 0 Å². The van der Waals surface area contributed by atoms with Crippen LogP contribution in [0.1, 0.15) is 25.8 Å². The zero-order chi connectivity index (χ0) is 12.7. The second-order valence-electron chi connectivity index (χ2n) is 3.98. The molecule has 4 heteroatoms. The number of carbonyl (C=O) groups excluding carboxylic acids is 1. The van der Waals surface area contributed by atoms with Crippen LogP contribution in [-0.4, -0.2) is 18.6 Å². The van der Waals surface area contributed by atoms with Crippen molar-refractivity contribution >= 4 is 21.9 Å². The molecule has 17 heavy (non-hydrogen) atoms. The van der Waals surface area contributed by atoms with Gasteiger partial charge in [0.1, 0.15) is 6.61 Å². The first-order valence-corrected chi connectivity index (χ1v) is 6.54. The van der Waals surface area contributed by atoms with E-state index in [1.54, 1.807) is 0 Å². The minimum Gasteiger partial charge on any atom is -0.460 e. The molecule has 1 aromatic rings. The summed E-state index contributed by atoms with van der Waals surface area (Å²) in [6, 6.07) is 8.07. The molecule has 1 unspecified atom stereocenters. The second kappa shape index (κ2) is 7.45. The Morgan fingerprint density at radius 1 is 1.53 bits per heavy atom. The summed E-state index contributed by atoms with van der Waals surface area (Å²) in [5.74, 6) is -0.217. The Bertz CT molecular complexity index is 368. The van der Waals surface area contributed by atoms with Crippen LogP contribution >= 0.6 is 15.9 Å². The van der Waals surface area contributed by atoms with E-state index >= 15 is 0 Å². The third-order valence-electron chi connectivity index (χ3n) is 2.50. The first-order chi connectivity index (χ1) is 8.11. The van der Waals surface area contributed by atoms with Crippen LogP contribution in [0.4, 0.5) is 0 Å². The highest BCUT2D eigenvalue weighted by molar-refractivity contribution is 9.10. The van der Waals surface area contributed by atoms with E-state index < -0.39 is 0 Å². The number of rotatable bonds is 6. The van der Waals surface area contributed by atoms with Crippen LogP contribution < -0.4 is 5.32 Å². The Balaban J connectivity index is 2.28. The average molecular weight is 300 g/mol. The Kier molecular flexibility index (Phi) is 6.22. The highest BCUT2D eigenvalue weighted by atomic mass is 79.9. The molecule has 0 bridgehead atoms. The molecule has 1 rings (SSSR count). The second-order valence-corrected chi connectivity index (χ2v) is 4.90. The lowest BCUT2D eigenvalue weighted by atomic mass is 10.2. The fraction of sp³-hybridized carbons (Fsp3) is 0.462. The van der Waals surface area contributed by atoms with E-state index in [0.29, 0.717) is 12.6 Å². The van der Waals surface area contributed by atoms with Crippen LogP contribution in [0.25, 0.3) is 0 Å². The normalized spacial score (nSPS) is 12.2. The van der Waals surface area contributed by atoms with Gasteiger partial charge >= 0.3 is 5.97 Å². The van der Waals surface area contributed by atoms with Crippen molar-refractivity contribution in [3.63, 3.8) is 0 Å². The van der Waals surface area contributed by atoms with Crippen molar-refractivity contribution in [2.24, 2.45) is 0 Å². The molecule has 0 fully saturated rings. The van der Waals surface area contributed by atoms with Crippen LogP contribution in [0.3, 0.4) is 0 Å². The van der Waals surface area contributed by atoms with Gasteiger partial charge in [0.25, 0.3) is 0 Å². The quantitative estimate of drug-likeness (QED) is 0.821. The number of hydrogen-bond acceptors (Lipinski definition) is 3. The van der Waals surface area contributed by atoms with E-state index in [4.69, 9.17) is 4.74 Å². The number of esters is 1. The van der Waals surface area contributed by atoms with E-state index in [1.807, 2.05) is 31.2 Å². The summed E-state index contributed by atoms with van der Waals surface area (Å²) in [7, 11) is 0. The van der Waals surface area contributed by atoms with Gasteiger partial charge in [-0.15, -0.1) is 0 Å². The van der Waals surface area contributed by atoms with Crippen molar-refractivity contribution in [1.29, 1.82) is 0 Å². The molecule has 1 aromatic carbocycles. The van der Waals surface area contributed by atoms with Gasteiger partial charge in [-0.2, -0.15) is 0 Å². The average Bonchev–Trinajstić information content (AvgIpc) is 2.33. The van der Waals surface area contributed by atoms with Gasteiger partial charge in [-0.25, -0.2) is 0 Å². The van der Waals surface area contributed by atoms with Gasteiger partial charge in [-0.05, 0) is 31.0 Å². The first-order valence-electron chi connectivity index (χ1n) is 5.75. The third kappa shape index (κ3) is 5.84. The predicted molar refractivity (Wildman–Crippen MR) is 71.7 cm³/mol. The van der Waals surface area contributed by atoms with E-state index in [-0.39, 0.29) is 12.5 Å². The Labute approximate surface area is 111 Å². The highest BCUT2D eigenvalue weighted by Crippen LogP contribution is 2.12. The molecular formula is C13H18BrNO2. The van der Waals surface area contributed by atoms with Gasteiger partial charge in [-0.3, -0.25) is 4.79 Å². The van der Waals surface area contributed by atoms with Crippen LogP contribution in [0.15, 0.2) is 28.7 Å². The molecule has 1 N–H and O–H groups in total. The van der Waals surface area contributed by atoms with Crippen molar-refractivity contribution in [3.05, 3.63) is 34.3 Å². The van der Waals surface area contributed by atoms with Gasteiger partial charge in [0.15, 0.2) is 0 Å². The summed E-state index contributed by atoms with van der Waals surface area (Å²) >= 11 is 3.38. The fourth-order valence-electron chi connectivity index (χ4n) is 1.24. The molecule has 0 saturated heterocycles. The standard InChI is InChI=1S/C13H18BrNO2/c1-3-10(2)15-8-13(16)17-9-11-5-4-6-12(14)7-11/h4-7,10,15H,3,8-9H2,1-2H3. The SMILES string of the molecule is CCC(C)NCC(=O)OCc1cccc(Br)c1. The Morgan fingerprint density at radius 3 is 2.94 bits per heavy atom. The largest absolute Gasteiger partial charge is 0.460 e. The zero-order valence-electron chi connectivity index (χ0n) is 10.2. The number of hydrogen-bond donors (Lipinski definition) is 1. The van der Waals surface area contributed by atoms with Gasteiger partial charge in [0.05, 0.1) is 6.54 Å². The van der Waals surface area contributed by atoms with E-state index in [1.165, 1.54) is 0 Å². The van der Waals surface area contributed by atoms with E-state index in [2.05, 4.69) is 28.2 Å².